The van der Waals surface area contributed by atoms with Gasteiger partial charge in [-0.05, 0) is 25.5 Å². The molecule has 2 N–H and O–H groups in total. The first-order valence-electron chi connectivity index (χ1n) is 7.29. The lowest BCUT2D eigenvalue weighted by molar-refractivity contribution is 0.0679. The summed E-state index contributed by atoms with van der Waals surface area (Å²) in [6.07, 6.45) is -0.537. The maximum absolute atomic E-state index is 9.85. The Hall–Kier alpha value is -1.14. The lowest BCUT2D eigenvalue weighted by Gasteiger charge is -2.15. The molecule has 0 amide bonds. The largest absolute Gasteiger partial charge is 0.491 e. The second-order valence-corrected chi connectivity index (χ2v) is 5.04. The molecule has 0 radical (unpaired) electrons. The molecular formula is C16H27NO4. The van der Waals surface area contributed by atoms with Gasteiger partial charge in [-0.1, -0.05) is 17.7 Å². The first-order valence-corrected chi connectivity index (χ1v) is 7.29. The third-order valence-corrected chi connectivity index (χ3v) is 3.00. The Labute approximate surface area is 127 Å². The predicted molar refractivity (Wildman–Crippen MR) is 83.0 cm³/mol. The molecule has 0 spiro atoms. The fraction of sp³-hybridized carbons (Fsp3) is 0.625. The Bertz CT molecular complexity index is 398. The molecule has 5 heteroatoms. The zero-order valence-electron chi connectivity index (χ0n) is 13.2. The predicted octanol–water partition coefficient (Wildman–Crippen LogP) is 1.30. The number of methoxy groups -OCH3 is 1. The molecule has 1 rings (SSSR count). The number of aliphatic hydroxyl groups excluding tert-OH is 1. The van der Waals surface area contributed by atoms with Crippen LogP contribution in [0.15, 0.2) is 18.2 Å². The Morgan fingerprint density at radius 2 is 2.00 bits per heavy atom. The summed E-state index contributed by atoms with van der Waals surface area (Å²) in [6, 6.07) is 6.01. The Morgan fingerprint density at radius 1 is 1.19 bits per heavy atom. The molecule has 0 bridgehead atoms. The summed E-state index contributed by atoms with van der Waals surface area (Å²) in [5.41, 5.74) is 2.29. The van der Waals surface area contributed by atoms with E-state index in [0.29, 0.717) is 32.9 Å². The summed E-state index contributed by atoms with van der Waals surface area (Å²) in [4.78, 5) is 0. The van der Waals surface area contributed by atoms with Gasteiger partial charge in [-0.3, -0.25) is 0 Å². The highest BCUT2D eigenvalue weighted by molar-refractivity contribution is 5.35. The van der Waals surface area contributed by atoms with Gasteiger partial charge in [-0.25, -0.2) is 0 Å². The number of ether oxygens (including phenoxy) is 3. The number of nitrogens with one attached hydrogen (secondary N) is 1. The van der Waals surface area contributed by atoms with E-state index < -0.39 is 6.10 Å². The zero-order valence-corrected chi connectivity index (χ0v) is 13.2. The van der Waals surface area contributed by atoms with Crippen LogP contribution < -0.4 is 10.1 Å². The van der Waals surface area contributed by atoms with Gasteiger partial charge in [0.05, 0.1) is 19.8 Å². The molecule has 1 atom stereocenters. The fourth-order valence-corrected chi connectivity index (χ4v) is 1.86. The van der Waals surface area contributed by atoms with Crippen LogP contribution in [0.1, 0.15) is 11.1 Å². The minimum Gasteiger partial charge on any atom is -0.491 e. The van der Waals surface area contributed by atoms with Crippen molar-refractivity contribution in [3.8, 4) is 5.75 Å². The second kappa shape index (κ2) is 10.6. The summed E-state index contributed by atoms with van der Waals surface area (Å²) in [5, 5.41) is 13.0. The van der Waals surface area contributed by atoms with Gasteiger partial charge in [-0.15, -0.1) is 0 Å². The van der Waals surface area contributed by atoms with Gasteiger partial charge in [0.25, 0.3) is 0 Å². The minimum absolute atomic E-state index is 0.279. The molecule has 5 nitrogen and oxygen atoms in total. The second-order valence-electron chi connectivity index (χ2n) is 5.04. The number of hydrogen-bond acceptors (Lipinski definition) is 5. The fourth-order valence-electron chi connectivity index (χ4n) is 1.86. The highest BCUT2D eigenvalue weighted by atomic mass is 16.5. The van der Waals surface area contributed by atoms with Crippen molar-refractivity contribution < 1.29 is 19.3 Å². The molecule has 0 aromatic heterocycles. The quantitative estimate of drug-likeness (QED) is 0.603. The van der Waals surface area contributed by atoms with Crippen molar-refractivity contribution in [2.24, 2.45) is 0 Å². The number of aliphatic hydroxyl groups is 1. The summed E-state index contributed by atoms with van der Waals surface area (Å²) >= 11 is 0. The Kier molecular flexibility index (Phi) is 9.01. The van der Waals surface area contributed by atoms with E-state index in [9.17, 15) is 5.11 Å². The smallest absolute Gasteiger partial charge is 0.122 e. The van der Waals surface area contributed by atoms with Crippen molar-refractivity contribution in [2.45, 2.75) is 20.0 Å². The van der Waals surface area contributed by atoms with E-state index in [1.807, 2.05) is 26.0 Å². The molecule has 1 unspecified atom stereocenters. The molecule has 0 fully saturated rings. The van der Waals surface area contributed by atoms with Crippen LogP contribution in [-0.4, -0.2) is 57.8 Å². The van der Waals surface area contributed by atoms with Crippen LogP contribution in [0.5, 0.6) is 5.75 Å². The average molecular weight is 297 g/mol. The first kappa shape index (κ1) is 17.9. The number of benzene rings is 1. The standard InChI is InChI=1S/C16H27NO4/c1-13-4-5-16(14(2)10-13)21-12-15(18)11-17-6-7-20-9-8-19-3/h4-5,10,15,17-18H,6-9,11-12H2,1-3H3. The maximum Gasteiger partial charge on any atom is 0.122 e. The molecule has 120 valence electrons. The Morgan fingerprint density at radius 3 is 2.71 bits per heavy atom. The van der Waals surface area contributed by atoms with E-state index in [1.165, 1.54) is 5.56 Å². The molecule has 0 saturated carbocycles. The molecular weight excluding hydrogens is 270 g/mol. The lowest BCUT2D eigenvalue weighted by atomic mass is 10.1. The molecule has 0 heterocycles. The molecule has 1 aromatic carbocycles. The van der Waals surface area contributed by atoms with Crippen molar-refractivity contribution in [1.82, 2.24) is 5.32 Å². The summed E-state index contributed by atoms with van der Waals surface area (Å²) in [5.74, 6) is 0.822. The third-order valence-electron chi connectivity index (χ3n) is 3.00. The highest BCUT2D eigenvalue weighted by Crippen LogP contribution is 2.18. The molecule has 0 aliphatic rings. The van der Waals surface area contributed by atoms with Crippen molar-refractivity contribution in [3.63, 3.8) is 0 Å². The van der Waals surface area contributed by atoms with Crippen LogP contribution in [0.25, 0.3) is 0 Å². The number of aryl methyl sites for hydroxylation is 2. The van der Waals surface area contributed by atoms with Crippen LogP contribution in [0.3, 0.4) is 0 Å². The topological polar surface area (TPSA) is 60.0 Å². The van der Waals surface area contributed by atoms with Crippen LogP contribution in [0, 0.1) is 13.8 Å². The Balaban J connectivity index is 2.09. The molecule has 0 aliphatic heterocycles. The summed E-state index contributed by atoms with van der Waals surface area (Å²) < 4.78 is 15.8. The van der Waals surface area contributed by atoms with E-state index in [0.717, 1.165) is 11.3 Å². The van der Waals surface area contributed by atoms with Crippen molar-refractivity contribution in [2.75, 3.05) is 46.6 Å². The van der Waals surface area contributed by atoms with Crippen molar-refractivity contribution in [3.05, 3.63) is 29.3 Å². The van der Waals surface area contributed by atoms with E-state index >= 15 is 0 Å². The van der Waals surface area contributed by atoms with Crippen LogP contribution >= 0.6 is 0 Å². The summed E-state index contributed by atoms with van der Waals surface area (Å²) in [7, 11) is 1.65. The van der Waals surface area contributed by atoms with Crippen LogP contribution in [-0.2, 0) is 9.47 Å². The number of hydrogen-bond donors (Lipinski definition) is 2. The van der Waals surface area contributed by atoms with Gasteiger partial charge < -0.3 is 24.6 Å². The van der Waals surface area contributed by atoms with E-state index in [4.69, 9.17) is 14.2 Å². The zero-order chi connectivity index (χ0) is 15.5. The van der Waals surface area contributed by atoms with Gasteiger partial charge in [0, 0.05) is 20.2 Å². The van der Waals surface area contributed by atoms with Gasteiger partial charge in [0.15, 0.2) is 0 Å². The van der Waals surface area contributed by atoms with Gasteiger partial charge >= 0.3 is 0 Å². The van der Waals surface area contributed by atoms with Crippen LogP contribution in [0.2, 0.25) is 0 Å². The maximum atomic E-state index is 9.85. The van der Waals surface area contributed by atoms with E-state index in [2.05, 4.69) is 11.4 Å². The highest BCUT2D eigenvalue weighted by Gasteiger charge is 2.06. The third kappa shape index (κ3) is 8.02. The normalized spacial score (nSPS) is 12.4. The monoisotopic (exact) mass is 297 g/mol. The lowest BCUT2D eigenvalue weighted by Crippen LogP contribution is -2.33. The molecule has 21 heavy (non-hydrogen) atoms. The van der Waals surface area contributed by atoms with Gasteiger partial charge in [0.2, 0.25) is 0 Å². The molecule has 1 aromatic rings. The molecule has 0 saturated heterocycles. The SMILES string of the molecule is COCCOCCNCC(O)COc1ccc(C)cc1C. The van der Waals surface area contributed by atoms with E-state index in [-0.39, 0.29) is 6.61 Å². The van der Waals surface area contributed by atoms with Crippen LogP contribution in [0.4, 0.5) is 0 Å². The number of rotatable bonds is 11. The average Bonchev–Trinajstić information content (AvgIpc) is 2.45. The van der Waals surface area contributed by atoms with E-state index in [1.54, 1.807) is 7.11 Å². The van der Waals surface area contributed by atoms with Crippen molar-refractivity contribution >= 4 is 0 Å². The minimum atomic E-state index is -0.537. The first-order chi connectivity index (χ1) is 10.1. The molecule has 0 aliphatic carbocycles. The summed E-state index contributed by atoms with van der Waals surface area (Å²) in [6.45, 7) is 7.32. The van der Waals surface area contributed by atoms with Gasteiger partial charge in [0.1, 0.15) is 18.5 Å². The van der Waals surface area contributed by atoms with Crippen molar-refractivity contribution in [1.29, 1.82) is 0 Å². The van der Waals surface area contributed by atoms with Gasteiger partial charge in [-0.2, -0.15) is 0 Å².